The second kappa shape index (κ2) is 7.10. The highest BCUT2D eigenvalue weighted by molar-refractivity contribution is 7.99. The second-order valence-electron chi connectivity index (χ2n) is 4.86. The first-order chi connectivity index (χ1) is 10.9. The van der Waals surface area contributed by atoms with Crippen LogP contribution in [0.5, 0.6) is 0 Å². The number of thioether (sulfide) groups is 1. The van der Waals surface area contributed by atoms with Gasteiger partial charge in [0.15, 0.2) is 5.16 Å². The van der Waals surface area contributed by atoms with Crippen molar-refractivity contribution in [2.45, 2.75) is 19.0 Å². The van der Waals surface area contributed by atoms with Crippen molar-refractivity contribution < 1.29 is 9.59 Å². The third kappa shape index (κ3) is 4.43. The van der Waals surface area contributed by atoms with Crippen molar-refractivity contribution in [1.29, 1.82) is 0 Å². The lowest BCUT2D eigenvalue weighted by Crippen LogP contribution is -2.17. The van der Waals surface area contributed by atoms with Crippen LogP contribution in [0.2, 0.25) is 0 Å². The molecule has 0 saturated carbocycles. The fourth-order valence-electron chi connectivity index (χ4n) is 1.74. The molecule has 0 aliphatic carbocycles. The minimum Gasteiger partial charge on any atom is -0.366 e. The number of hydrogen-bond donors (Lipinski definition) is 3. The van der Waals surface area contributed by atoms with Crippen LogP contribution in [0.4, 0.5) is 5.69 Å². The maximum absolute atomic E-state index is 11.9. The van der Waals surface area contributed by atoms with Crippen LogP contribution in [0.25, 0.3) is 0 Å². The number of nitrogens with zero attached hydrogens (tertiary/aromatic N) is 1. The molecule has 2 amide bonds. The zero-order valence-corrected chi connectivity index (χ0v) is 13.5. The third-order valence-corrected chi connectivity index (χ3v) is 4.04. The molecule has 7 nitrogen and oxygen atoms in total. The molecule has 8 heteroatoms. The lowest BCUT2D eigenvalue weighted by atomic mass is 10.2. The number of primary amides is 1. The number of anilines is 1. The minimum absolute atomic E-state index is 0.100. The lowest BCUT2D eigenvalue weighted by Gasteiger charge is -2.06. The van der Waals surface area contributed by atoms with Crippen molar-refractivity contribution in [1.82, 2.24) is 9.97 Å². The van der Waals surface area contributed by atoms with Gasteiger partial charge in [-0.3, -0.25) is 14.4 Å². The number of amides is 2. The second-order valence-corrected chi connectivity index (χ2v) is 5.82. The molecule has 0 atom stereocenters. The molecule has 2 aromatic rings. The number of hydrogen-bond acceptors (Lipinski definition) is 5. The van der Waals surface area contributed by atoms with Crippen LogP contribution in [-0.4, -0.2) is 27.5 Å². The summed E-state index contributed by atoms with van der Waals surface area (Å²) in [5.74, 6) is -0.672. The summed E-state index contributed by atoms with van der Waals surface area (Å²) in [4.78, 5) is 41.3. The summed E-state index contributed by atoms with van der Waals surface area (Å²) in [6.07, 6.45) is 0. The van der Waals surface area contributed by atoms with Crippen LogP contribution in [0.3, 0.4) is 0 Å². The van der Waals surface area contributed by atoms with Crippen LogP contribution in [0.1, 0.15) is 21.6 Å². The highest BCUT2D eigenvalue weighted by atomic mass is 32.2. The van der Waals surface area contributed by atoms with Gasteiger partial charge in [0, 0.05) is 22.5 Å². The van der Waals surface area contributed by atoms with E-state index in [2.05, 4.69) is 15.3 Å². The first-order valence-corrected chi connectivity index (χ1v) is 7.75. The first kappa shape index (κ1) is 16.8. The number of carbonyl (C=O) groups excluding carboxylic acids is 2. The molecule has 0 unspecified atom stereocenters. The van der Waals surface area contributed by atoms with Gasteiger partial charge in [0.1, 0.15) is 0 Å². The molecule has 4 N–H and O–H groups in total. The minimum atomic E-state index is -0.525. The molecule has 1 aromatic carbocycles. The van der Waals surface area contributed by atoms with E-state index in [1.165, 1.54) is 12.1 Å². The predicted octanol–water partition coefficient (Wildman–Crippen LogP) is 1.22. The molecule has 23 heavy (non-hydrogen) atoms. The molecule has 2 rings (SSSR count). The number of nitrogens with two attached hydrogens (primary N) is 1. The summed E-state index contributed by atoms with van der Waals surface area (Å²) in [7, 11) is 0. The Kier molecular flexibility index (Phi) is 5.17. The third-order valence-electron chi connectivity index (χ3n) is 3.17. The summed E-state index contributed by atoms with van der Waals surface area (Å²) in [6.45, 7) is 3.44. The SMILES string of the molecule is Cc1nc(SCC(=O)Nc2ccc(C(N)=O)cc2)[nH]c(=O)c1C. The monoisotopic (exact) mass is 332 g/mol. The van der Waals surface area contributed by atoms with Crippen molar-refractivity contribution >= 4 is 29.3 Å². The van der Waals surface area contributed by atoms with E-state index in [0.29, 0.717) is 27.7 Å². The molecule has 0 aliphatic heterocycles. The molecular formula is C15H16N4O3S. The van der Waals surface area contributed by atoms with Gasteiger partial charge in [0.25, 0.3) is 5.56 Å². The van der Waals surface area contributed by atoms with Gasteiger partial charge in [-0.1, -0.05) is 11.8 Å². The maximum Gasteiger partial charge on any atom is 0.254 e. The molecule has 0 bridgehead atoms. The fraction of sp³-hybridized carbons (Fsp3) is 0.200. The zero-order chi connectivity index (χ0) is 17.0. The van der Waals surface area contributed by atoms with E-state index in [9.17, 15) is 14.4 Å². The number of aromatic nitrogens is 2. The Morgan fingerprint density at radius 1 is 1.26 bits per heavy atom. The highest BCUT2D eigenvalue weighted by Crippen LogP contribution is 2.14. The van der Waals surface area contributed by atoms with Gasteiger partial charge < -0.3 is 16.0 Å². The van der Waals surface area contributed by atoms with Crippen LogP contribution in [0.15, 0.2) is 34.2 Å². The molecule has 0 saturated heterocycles. The molecule has 1 heterocycles. The molecule has 0 aliphatic rings. The quantitative estimate of drug-likeness (QED) is 0.562. The molecule has 120 valence electrons. The Bertz CT molecular complexity index is 799. The number of carbonyl (C=O) groups is 2. The van der Waals surface area contributed by atoms with Gasteiger partial charge in [0.2, 0.25) is 11.8 Å². The topological polar surface area (TPSA) is 118 Å². The van der Waals surface area contributed by atoms with Crippen LogP contribution >= 0.6 is 11.8 Å². The number of H-pyrrole nitrogens is 1. The summed E-state index contributed by atoms with van der Waals surface area (Å²) in [6, 6.07) is 6.26. The van der Waals surface area contributed by atoms with Crippen molar-refractivity contribution in [3.8, 4) is 0 Å². The van der Waals surface area contributed by atoms with Gasteiger partial charge in [-0.15, -0.1) is 0 Å². The standard InChI is InChI=1S/C15H16N4O3S/c1-8-9(2)17-15(19-14(8)22)23-7-12(20)18-11-5-3-10(4-6-11)13(16)21/h3-6H,7H2,1-2H3,(H2,16,21)(H,18,20)(H,17,19,22). The Labute approximate surface area is 136 Å². The zero-order valence-electron chi connectivity index (χ0n) is 12.7. The van der Waals surface area contributed by atoms with E-state index in [4.69, 9.17) is 5.73 Å². The van der Waals surface area contributed by atoms with Gasteiger partial charge in [-0.2, -0.15) is 0 Å². The fourth-order valence-corrected chi connectivity index (χ4v) is 2.44. The summed E-state index contributed by atoms with van der Waals surface area (Å²) in [5, 5.41) is 3.09. The van der Waals surface area contributed by atoms with E-state index >= 15 is 0 Å². The van der Waals surface area contributed by atoms with Gasteiger partial charge in [-0.05, 0) is 38.1 Å². The Morgan fingerprint density at radius 2 is 1.91 bits per heavy atom. The van der Waals surface area contributed by atoms with E-state index in [1.807, 2.05) is 0 Å². The summed E-state index contributed by atoms with van der Waals surface area (Å²) in [5.41, 5.74) is 7.07. The van der Waals surface area contributed by atoms with Crippen molar-refractivity contribution in [2.75, 3.05) is 11.1 Å². The molecule has 1 aromatic heterocycles. The average molecular weight is 332 g/mol. The number of aromatic amines is 1. The number of nitrogens with one attached hydrogen (secondary N) is 2. The van der Waals surface area contributed by atoms with Crippen molar-refractivity contribution in [3.63, 3.8) is 0 Å². The van der Waals surface area contributed by atoms with Crippen molar-refractivity contribution in [2.24, 2.45) is 5.73 Å². The highest BCUT2D eigenvalue weighted by Gasteiger charge is 2.08. The van der Waals surface area contributed by atoms with E-state index in [0.717, 1.165) is 11.8 Å². The number of benzene rings is 1. The largest absolute Gasteiger partial charge is 0.366 e. The van der Waals surface area contributed by atoms with Crippen molar-refractivity contribution in [3.05, 3.63) is 51.4 Å². The Balaban J connectivity index is 1.95. The smallest absolute Gasteiger partial charge is 0.254 e. The van der Waals surface area contributed by atoms with E-state index in [1.54, 1.807) is 26.0 Å². The lowest BCUT2D eigenvalue weighted by molar-refractivity contribution is -0.113. The molecular weight excluding hydrogens is 316 g/mol. The molecule has 0 spiro atoms. The Morgan fingerprint density at radius 3 is 2.48 bits per heavy atom. The summed E-state index contributed by atoms with van der Waals surface area (Å²) >= 11 is 1.14. The van der Waals surface area contributed by atoms with E-state index < -0.39 is 5.91 Å². The van der Waals surface area contributed by atoms with Gasteiger partial charge >= 0.3 is 0 Å². The van der Waals surface area contributed by atoms with Gasteiger partial charge in [-0.25, -0.2) is 4.98 Å². The normalized spacial score (nSPS) is 10.3. The van der Waals surface area contributed by atoms with Crippen LogP contribution < -0.4 is 16.6 Å². The molecule has 0 fully saturated rings. The van der Waals surface area contributed by atoms with Crippen LogP contribution in [0, 0.1) is 13.8 Å². The first-order valence-electron chi connectivity index (χ1n) is 6.77. The maximum atomic E-state index is 11.9. The van der Waals surface area contributed by atoms with E-state index in [-0.39, 0.29) is 17.2 Å². The molecule has 0 radical (unpaired) electrons. The number of aryl methyl sites for hydroxylation is 1. The van der Waals surface area contributed by atoms with Crippen LogP contribution in [-0.2, 0) is 4.79 Å². The Hall–Kier alpha value is -2.61. The van der Waals surface area contributed by atoms with Gasteiger partial charge in [0.05, 0.1) is 5.75 Å². The predicted molar refractivity (Wildman–Crippen MR) is 88.6 cm³/mol. The average Bonchev–Trinajstić information content (AvgIpc) is 2.51. The summed E-state index contributed by atoms with van der Waals surface area (Å²) < 4.78 is 0. The number of rotatable bonds is 5.